The van der Waals surface area contributed by atoms with Crippen LogP contribution in [0.4, 0.5) is 22.0 Å². The largest absolute Gasteiger partial charge is 0.573 e. The fourth-order valence-corrected chi connectivity index (χ4v) is 4.07. The van der Waals surface area contributed by atoms with Crippen LogP contribution in [0.5, 0.6) is 5.75 Å². The summed E-state index contributed by atoms with van der Waals surface area (Å²) in [5, 5.41) is 1.14. The summed E-state index contributed by atoms with van der Waals surface area (Å²) in [6.07, 6.45) is 3.56. The summed E-state index contributed by atoms with van der Waals surface area (Å²) < 4.78 is 69.7. The van der Waals surface area contributed by atoms with Crippen molar-refractivity contribution in [3.63, 3.8) is 0 Å². The van der Waals surface area contributed by atoms with E-state index in [4.69, 9.17) is 0 Å². The second-order valence-electron chi connectivity index (χ2n) is 8.66. The van der Waals surface area contributed by atoms with Crippen molar-refractivity contribution in [2.45, 2.75) is 51.8 Å². The van der Waals surface area contributed by atoms with Crippen molar-refractivity contribution >= 4 is 10.8 Å². The number of benzene rings is 3. The van der Waals surface area contributed by atoms with E-state index in [0.29, 0.717) is 27.7 Å². The van der Waals surface area contributed by atoms with E-state index in [1.54, 1.807) is 24.3 Å². The summed E-state index contributed by atoms with van der Waals surface area (Å²) in [5.74, 6) is -1.83. The summed E-state index contributed by atoms with van der Waals surface area (Å²) in [7, 11) is 0. The van der Waals surface area contributed by atoms with Gasteiger partial charge in [-0.25, -0.2) is 18.7 Å². The summed E-state index contributed by atoms with van der Waals surface area (Å²) in [4.78, 5) is 8.93. The third kappa shape index (κ3) is 6.36. The molecule has 0 spiro atoms. The normalized spacial score (nSPS) is 11.7. The lowest BCUT2D eigenvalue weighted by molar-refractivity contribution is -0.275. The number of aromatic nitrogens is 2. The monoisotopic (exact) mass is 500 g/mol. The van der Waals surface area contributed by atoms with E-state index in [1.165, 1.54) is 12.5 Å². The Morgan fingerprint density at radius 1 is 0.806 bits per heavy atom. The molecular formula is C28H25F5N2O. The van der Waals surface area contributed by atoms with Crippen LogP contribution in [0.15, 0.2) is 60.9 Å². The zero-order valence-electron chi connectivity index (χ0n) is 19.7. The van der Waals surface area contributed by atoms with Crippen molar-refractivity contribution in [1.82, 2.24) is 9.97 Å². The number of alkyl halides is 3. The number of hydrogen-bond donors (Lipinski definition) is 0. The molecule has 0 fully saturated rings. The van der Waals surface area contributed by atoms with Gasteiger partial charge in [-0.2, -0.15) is 0 Å². The molecule has 188 valence electrons. The zero-order chi connectivity index (χ0) is 25.7. The van der Waals surface area contributed by atoms with Crippen molar-refractivity contribution in [2.75, 3.05) is 0 Å². The summed E-state index contributed by atoms with van der Waals surface area (Å²) in [5.41, 5.74) is 2.74. The van der Waals surface area contributed by atoms with Crippen LogP contribution in [-0.2, 0) is 19.3 Å². The fourth-order valence-electron chi connectivity index (χ4n) is 4.07. The first-order valence-corrected chi connectivity index (χ1v) is 11.8. The van der Waals surface area contributed by atoms with E-state index in [0.717, 1.165) is 42.5 Å². The van der Waals surface area contributed by atoms with E-state index >= 15 is 4.39 Å². The average molecular weight is 501 g/mol. The van der Waals surface area contributed by atoms with Gasteiger partial charge in [0.2, 0.25) is 0 Å². The van der Waals surface area contributed by atoms with Crippen LogP contribution in [0.1, 0.15) is 42.9 Å². The topological polar surface area (TPSA) is 35.0 Å². The van der Waals surface area contributed by atoms with Gasteiger partial charge in [0.25, 0.3) is 0 Å². The Balaban J connectivity index is 1.46. The van der Waals surface area contributed by atoms with Crippen LogP contribution in [0.3, 0.4) is 0 Å². The molecule has 0 aliphatic carbocycles. The predicted octanol–water partition coefficient (Wildman–Crippen LogP) is 7.99. The Morgan fingerprint density at radius 2 is 1.58 bits per heavy atom. The highest BCUT2D eigenvalue weighted by molar-refractivity contribution is 5.87. The van der Waals surface area contributed by atoms with Crippen molar-refractivity contribution in [3.05, 3.63) is 89.2 Å². The van der Waals surface area contributed by atoms with Crippen LogP contribution in [0, 0.1) is 11.6 Å². The quantitative estimate of drug-likeness (QED) is 0.173. The second kappa shape index (κ2) is 11.0. The molecule has 0 N–H and O–H groups in total. The van der Waals surface area contributed by atoms with Gasteiger partial charge in [0.05, 0.1) is 0 Å². The fraction of sp³-hybridized carbons (Fsp3) is 0.286. The molecule has 0 atom stereocenters. The van der Waals surface area contributed by atoms with E-state index in [9.17, 15) is 17.6 Å². The van der Waals surface area contributed by atoms with Gasteiger partial charge in [-0.1, -0.05) is 50.1 Å². The predicted molar refractivity (Wildman–Crippen MR) is 129 cm³/mol. The van der Waals surface area contributed by atoms with E-state index in [1.807, 2.05) is 18.5 Å². The number of nitrogens with zero attached hydrogens (tertiary/aromatic N) is 2. The van der Waals surface area contributed by atoms with Crippen molar-refractivity contribution in [3.8, 4) is 17.1 Å². The first-order valence-electron chi connectivity index (χ1n) is 11.8. The van der Waals surface area contributed by atoms with Gasteiger partial charge in [0, 0.05) is 23.3 Å². The zero-order valence-corrected chi connectivity index (χ0v) is 19.7. The highest BCUT2D eigenvalue weighted by Crippen LogP contribution is 2.29. The standard InChI is InChI=1S/C28H25F5N2O/c1-2-3-4-5-19-16-34-27(35-17-19)22-11-12-23-21(15-22)10-9-20(26(23)30)8-6-18-7-13-25(24(29)14-18)36-28(31,32)33/h7,9-17H,2-6,8H2,1H3. The van der Waals surface area contributed by atoms with Crippen LogP contribution in [0.25, 0.3) is 22.2 Å². The minimum Gasteiger partial charge on any atom is -0.403 e. The summed E-state index contributed by atoms with van der Waals surface area (Å²) in [6.45, 7) is 2.16. The highest BCUT2D eigenvalue weighted by atomic mass is 19.4. The molecule has 0 bridgehead atoms. The molecule has 8 heteroatoms. The van der Waals surface area contributed by atoms with Gasteiger partial charge >= 0.3 is 6.36 Å². The van der Waals surface area contributed by atoms with E-state index in [-0.39, 0.29) is 18.7 Å². The molecule has 4 rings (SSSR count). The molecule has 3 nitrogen and oxygen atoms in total. The smallest absolute Gasteiger partial charge is 0.403 e. The highest BCUT2D eigenvalue weighted by Gasteiger charge is 2.32. The first-order chi connectivity index (χ1) is 17.2. The summed E-state index contributed by atoms with van der Waals surface area (Å²) >= 11 is 0. The Labute approximate surface area is 206 Å². The molecule has 0 amide bonds. The minimum atomic E-state index is -4.97. The molecular weight excluding hydrogens is 475 g/mol. The molecule has 0 radical (unpaired) electrons. The van der Waals surface area contributed by atoms with Gasteiger partial charge in [0.1, 0.15) is 5.82 Å². The van der Waals surface area contributed by atoms with Gasteiger partial charge in [-0.05, 0) is 66.0 Å². The molecule has 0 saturated carbocycles. The van der Waals surface area contributed by atoms with Crippen molar-refractivity contribution < 1.29 is 26.7 Å². The maximum Gasteiger partial charge on any atom is 0.573 e. The molecule has 4 aromatic rings. The molecule has 0 unspecified atom stereocenters. The Morgan fingerprint density at radius 3 is 2.28 bits per heavy atom. The van der Waals surface area contributed by atoms with Gasteiger partial charge in [0.15, 0.2) is 17.4 Å². The number of rotatable bonds is 9. The van der Waals surface area contributed by atoms with Crippen molar-refractivity contribution in [1.29, 1.82) is 0 Å². The van der Waals surface area contributed by atoms with Crippen LogP contribution in [-0.4, -0.2) is 16.3 Å². The van der Waals surface area contributed by atoms with Crippen LogP contribution in [0.2, 0.25) is 0 Å². The van der Waals surface area contributed by atoms with Crippen LogP contribution >= 0.6 is 0 Å². The minimum absolute atomic E-state index is 0.252. The number of aryl methyl sites for hydroxylation is 3. The number of unbranched alkanes of at least 4 members (excludes halogenated alkanes) is 2. The third-order valence-electron chi connectivity index (χ3n) is 5.97. The third-order valence-corrected chi connectivity index (χ3v) is 5.97. The van der Waals surface area contributed by atoms with Gasteiger partial charge in [-0.15, -0.1) is 13.2 Å². The number of halogens is 5. The molecule has 3 aromatic carbocycles. The Hall–Kier alpha value is -3.55. The van der Waals surface area contributed by atoms with Gasteiger partial charge < -0.3 is 4.74 Å². The maximum absolute atomic E-state index is 15.2. The lowest BCUT2D eigenvalue weighted by Crippen LogP contribution is -2.18. The van der Waals surface area contributed by atoms with Crippen molar-refractivity contribution in [2.24, 2.45) is 0 Å². The number of hydrogen-bond acceptors (Lipinski definition) is 3. The SMILES string of the molecule is CCCCCc1cnc(-c2ccc3c(F)c(CCc4ccc(OC(F)(F)F)c(F)c4)ccc3c2)nc1. The molecule has 1 heterocycles. The number of fused-ring (bicyclic) bond motifs is 1. The lowest BCUT2D eigenvalue weighted by atomic mass is 9.99. The molecule has 0 aliphatic rings. The Bertz CT molecular complexity index is 1340. The second-order valence-corrected chi connectivity index (χ2v) is 8.66. The number of ether oxygens (including phenoxy) is 1. The Kier molecular flexibility index (Phi) is 7.82. The van der Waals surface area contributed by atoms with E-state index < -0.39 is 17.9 Å². The average Bonchev–Trinajstić information content (AvgIpc) is 2.85. The molecule has 0 saturated heterocycles. The maximum atomic E-state index is 15.2. The van der Waals surface area contributed by atoms with E-state index in [2.05, 4.69) is 21.6 Å². The molecule has 36 heavy (non-hydrogen) atoms. The molecule has 1 aromatic heterocycles. The van der Waals surface area contributed by atoms with Gasteiger partial charge in [-0.3, -0.25) is 0 Å². The van der Waals surface area contributed by atoms with Crippen LogP contribution < -0.4 is 4.74 Å². The summed E-state index contributed by atoms with van der Waals surface area (Å²) in [6, 6.07) is 12.0. The first kappa shape index (κ1) is 25.5. The lowest BCUT2D eigenvalue weighted by Gasteiger charge is -2.11. The molecule has 0 aliphatic heterocycles.